The summed E-state index contributed by atoms with van der Waals surface area (Å²) < 4.78 is 0. The van der Waals surface area contributed by atoms with E-state index in [1.165, 1.54) is 43.4 Å². The molecule has 0 heteroatoms. The molecule has 1 radical (unpaired) electrons. The molecule has 0 aliphatic heterocycles. The third-order valence-electron chi connectivity index (χ3n) is 4.76. The minimum atomic E-state index is 1.18. The zero-order chi connectivity index (χ0) is 15.9. The molecule has 5 aromatic carbocycles. The first-order valence-electron chi connectivity index (χ1n) is 8.22. The van der Waals surface area contributed by atoms with Crippen LogP contribution in [0.1, 0.15) is 0 Å². The van der Waals surface area contributed by atoms with Crippen LogP contribution < -0.4 is 0 Å². The summed E-state index contributed by atoms with van der Waals surface area (Å²) >= 11 is 0. The van der Waals surface area contributed by atoms with Crippen molar-refractivity contribution in [3.05, 3.63) is 97.1 Å². The average Bonchev–Trinajstić information content (AvgIpc) is 2.67. The van der Waals surface area contributed by atoms with Crippen molar-refractivity contribution < 1.29 is 0 Å². The highest BCUT2D eigenvalue weighted by Crippen LogP contribution is 2.37. The second-order valence-corrected chi connectivity index (χ2v) is 6.13. The first kappa shape index (κ1) is 13.3. The normalized spacial score (nSPS) is 11.3. The third kappa shape index (κ3) is 1.93. The van der Waals surface area contributed by atoms with Crippen LogP contribution >= 0.6 is 0 Å². The summed E-state index contributed by atoms with van der Waals surface area (Å²) in [5.41, 5.74) is 2.43. The van der Waals surface area contributed by atoms with E-state index in [0.717, 1.165) is 0 Å². The standard InChI is InChI=1S/C24H15/c1-3-11-19-17(8-1)10-7-15-22(19)24-16-18-9-2-4-12-20(18)21-13-5-6-14-23(21)24/h1-14,16H. The Bertz CT molecular complexity index is 1190. The zero-order valence-electron chi connectivity index (χ0n) is 13.2. The van der Waals surface area contributed by atoms with Crippen molar-refractivity contribution in [2.75, 3.05) is 0 Å². The highest BCUT2D eigenvalue weighted by atomic mass is 14.1. The quantitative estimate of drug-likeness (QED) is 0.305. The van der Waals surface area contributed by atoms with Crippen LogP contribution in [0, 0.1) is 6.07 Å². The van der Waals surface area contributed by atoms with Crippen molar-refractivity contribution in [3.63, 3.8) is 0 Å². The second-order valence-electron chi connectivity index (χ2n) is 6.13. The van der Waals surface area contributed by atoms with Crippen molar-refractivity contribution in [2.45, 2.75) is 0 Å². The largest absolute Gasteiger partial charge is 0.0616 e. The van der Waals surface area contributed by atoms with Crippen LogP contribution in [-0.4, -0.2) is 0 Å². The van der Waals surface area contributed by atoms with Crippen molar-refractivity contribution in [3.8, 4) is 11.1 Å². The topological polar surface area (TPSA) is 0 Å². The van der Waals surface area contributed by atoms with Crippen LogP contribution in [0.3, 0.4) is 0 Å². The maximum absolute atomic E-state index is 3.48. The van der Waals surface area contributed by atoms with Gasteiger partial charge in [-0.3, -0.25) is 0 Å². The molecule has 0 N–H and O–H groups in total. The Labute approximate surface area is 141 Å². The monoisotopic (exact) mass is 303 g/mol. The Hall–Kier alpha value is -3.12. The molecule has 111 valence electrons. The van der Waals surface area contributed by atoms with E-state index in [1.54, 1.807) is 0 Å². The maximum atomic E-state index is 3.48. The van der Waals surface area contributed by atoms with Gasteiger partial charge in [0, 0.05) is 0 Å². The van der Waals surface area contributed by atoms with Crippen LogP contribution in [-0.2, 0) is 0 Å². The summed E-state index contributed by atoms with van der Waals surface area (Å²) in [6, 6.07) is 35.7. The lowest BCUT2D eigenvalue weighted by atomic mass is 9.91. The Morgan fingerprint density at radius 3 is 1.96 bits per heavy atom. The van der Waals surface area contributed by atoms with Crippen molar-refractivity contribution >= 4 is 32.3 Å². The van der Waals surface area contributed by atoms with Crippen LogP contribution in [0.4, 0.5) is 0 Å². The minimum Gasteiger partial charge on any atom is -0.0616 e. The van der Waals surface area contributed by atoms with Gasteiger partial charge in [-0.05, 0) is 55.6 Å². The predicted molar refractivity (Wildman–Crippen MR) is 103 cm³/mol. The number of benzene rings is 5. The molecule has 0 aliphatic rings. The summed E-state index contributed by atoms with van der Waals surface area (Å²) in [7, 11) is 0. The van der Waals surface area contributed by atoms with E-state index in [0.29, 0.717) is 0 Å². The lowest BCUT2D eigenvalue weighted by molar-refractivity contribution is 1.69. The average molecular weight is 303 g/mol. The summed E-state index contributed by atoms with van der Waals surface area (Å²) in [6.45, 7) is 0. The Kier molecular flexibility index (Phi) is 2.89. The third-order valence-corrected chi connectivity index (χ3v) is 4.76. The van der Waals surface area contributed by atoms with Gasteiger partial charge in [0.05, 0.1) is 0 Å². The summed E-state index contributed by atoms with van der Waals surface area (Å²) in [6.07, 6.45) is 0. The van der Waals surface area contributed by atoms with Gasteiger partial charge in [-0.15, -0.1) is 0 Å². The predicted octanol–water partition coefficient (Wildman–Crippen LogP) is 6.61. The van der Waals surface area contributed by atoms with Crippen LogP contribution in [0.15, 0.2) is 91.0 Å². The molecule has 0 amide bonds. The molecular weight excluding hydrogens is 288 g/mol. The fraction of sp³-hybridized carbons (Fsp3) is 0. The van der Waals surface area contributed by atoms with Gasteiger partial charge in [-0.25, -0.2) is 0 Å². The molecule has 0 saturated heterocycles. The van der Waals surface area contributed by atoms with E-state index in [9.17, 15) is 0 Å². The van der Waals surface area contributed by atoms with Gasteiger partial charge >= 0.3 is 0 Å². The smallest absolute Gasteiger partial charge is 0.00201 e. The number of hydrogen-bond acceptors (Lipinski definition) is 0. The van der Waals surface area contributed by atoms with Gasteiger partial charge in [0.2, 0.25) is 0 Å². The number of rotatable bonds is 1. The Balaban J connectivity index is 1.98. The SMILES string of the molecule is [c]1ccc2ccccc2c1-c1cc2ccccc2c2ccccc12. The van der Waals surface area contributed by atoms with Gasteiger partial charge in [0.15, 0.2) is 0 Å². The van der Waals surface area contributed by atoms with Gasteiger partial charge in [-0.1, -0.05) is 84.9 Å². The molecule has 24 heavy (non-hydrogen) atoms. The summed E-state index contributed by atoms with van der Waals surface area (Å²) in [5.74, 6) is 0. The molecule has 0 atom stereocenters. The van der Waals surface area contributed by atoms with E-state index >= 15 is 0 Å². The first-order chi connectivity index (χ1) is 11.9. The van der Waals surface area contributed by atoms with Crippen LogP contribution in [0.2, 0.25) is 0 Å². The molecule has 5 aromatic rings. The molecule has 0 unspecified atom stereocenters. The minimum absolute atomic E-state index is 1.18. The maximum Gasteiger partial charge on any atom is -0.00201 e. The van der Waals surface area contributed by atoms with Gasteiger partial charge < -0.3 is 0 Å². The lowest BCUT2D eigenvalue weighted by Gasteiger charge is -2.12. The number of fused-ring (bicyclic) bond motifs is 4. The first-order valence-corrected chi connectivity index (χ1v) is 8.22. The molecule has 0 aromatic heterocycles. The fourth-order valence-corrected chi connectivity index (χ4v) is 3.65. The summed E-state index contributed by atoms with van der Waals surface area (Å²) in [5, 5.41) is 7.66. The van der Waals surface area contributed by atoms with Crippen molar-refractivity contribution in [1.29, 1.82) is 0 Å². The molecule has 0 fully saturated rings. The Morgan fingerprint density at radius 1 is 0.500 bits per heavy atom. The van der Waals surface area contributed by atoms with E-state index in [4.69, 9.17) is 0 Å². The fourth-order valence-electron chi connectivity index (χ4n) is 3.65. The molecule has 5 rings (SSSR count). The lowest BCUT2D eigenvalue weighted by Crippen LogP contribution is -1.86. The molecular formula is C24H15. The molecule has 0 spiro atoms. The van der Waals surface area contributed by atoms with Gasteiger partial charge in [0.1, 0.15) is 0 Å². The van der Waals surface area contributed by atoms with E-state index in [1.807, 2.05) is 6.07 Å². The highest BCUT2D eigenvalue weighted by Gasteiger charge is 2.10. The summed E-state index contributed by atoms with van der Waals surface area (Å²) in [4.78, 5) is 0. The zero-order valence-corrected chi connectivity index (χ0v) is 13.2. The highest BCUT2D eigenvalue weighted by molar-refractivity contribution is 6.16. The van der Waals surface area contributed by atoms with E-state index in [2.05, 4.69) is 91.0 Å². The van der Waals surface area contributed by atoms with E-state index in [-0.39, 0.29) is 0 Å². The van der Waals surface area contributed by atoms with Gasteiger partial charge in [-0.2, -0.15) is 0 Å². The molecule has 0 nitrogen and oxygen atoms in total. The van der Waals surface area contributed by atoms with E-state index < -0.39 is 0 Å². The molecule has 0 saturated carbocycles. The van der Waals surface area contributed by atoms with Gasteiger partial charge in [0.25, 0.3) is 0 Å². The Morgan fingerprint density at radius 2 is 1.12 bits per heavy atom. The van der Waals surface area contributed by atoms with Crippen molar-refractivity contribution in [1.82, 2.24) is 0 Å². The van der Waals surface area contributed by atoms with Crippen LogP contribution in [0.25, 0.3) is 43.4 Å². The molecule has 0 aliphatic carbocycles. The molecule has 0 heterocycles. The molecule has 0 bridgehead atoms. The number of hydrogen-bond donors (Lipinski definition) is 0. The second kappa shape index (κ2) is 5.21. The van der Waals surface area contributed by atoms with Crippen molar-refractivity contribution in [2.24, 2.45) is 0 Å². The van der Waals surface area contributed by atoms with Crippen LogP contribution in [0.5, 0.6) is 0 Å².